The number of rotatable bonds is 3. The Labute approximate surface area is 109 Å². The van der Waals surface area contributed by atoms with E-state index >= 15 is 0 Å². The smallest absolute Gasteiger partial charge is 0.251 e. The Hall–Kier alpha value is -2.69. The van der Waals surface area contributed by atoms with Crippen molar-refractivity contribution in [2.45, 2.75) is 6.54 Å². The number of fused-ring (bicyclic) bond motifs is 1. The second-order valence-electron chi connectivity index (χ2n) is 4.19. The first-order chi connectivity index (χ1) is 9.33. The summed E-state index contributed by atoms with van der Waals surface area (Å²) in [4.78, 5) is 20.0. The average molecular weight is 252 g/mol. The lowest BCUT2D eigenvalue weighted by molar-refractivity contribution is 0.0951. The topological polar surface area (TPSA) is 59.3 Å². The maximum absolute atomic E-state index is 12.0. The average Bonchev–Trinajstić information content (AvgIpc) is 2.93. The maximum Gasteiger partial charge on any atom is 0.251 e. The predicted octanol–water partition coefficient (Wildman–Crippen LogP) is 1.66. The van der Waals surface area contributed by atoms with Crippen molar-refractivity contribution in [1.29, 1.82) is 0 Å². The fourth-order valence-electron chi connectivity index (χ4n) is 1.85. The Morgan fingerprint density at radius 2 is 2.21 bits per heavy atom. The highest BCUT2D eigenvalue weighted by Gasteiger charge is 2.06. The van der Waals surface area contributed by atoms with Crippen LogP contribution in [0.25, 0.3) is 5.52 Å². The van der Waals surface area contributed by atoms with Crippen molar-refractivity contribution in [3.05, 3.63) is 66.5 Å². The molecule has 0 saturated heterocycles. The number of nitrogens with zero attached hydrogens (tertiary/aromatic N) is 3. The molecule has 0 radical (unpaired) electrons. The van der Waals surface area contributed by atoms with Gasteiger partial charge in [-0.25, -0.2) is 4.98 Å². The van der Waals surface area contributed by atoms with E-state index in [-0.39, 0.29) is 5.91 Å². The zero-order chi connectivity index (χ0) is 13.1. The molecule has 3 rings (SSSR count). The highest BCUT2D eigenvalue weighted by atomic mass is 16.1. The minimum absolute atomic E-state index is 0.104. The molecule has 0 saturated carbocycles. The minimum Gasteiger partial charge on any atom is -0.348 e. The van der Waals surface area contributed by atoms with Crippen LogP contribution in [0.5, 0.6) is 0 Å². The molecule has 0 atom stereocenters. The predicted molar refractivity (Wildman–Crippen MR) is 70.6 cm³/mol. The zero-order valence-electron chi connectivity index (χ0n) is 10.2. The molecule has 94 valence electrons. The molecule has 5 nitrogen and oxygen atoms in total. The molecule has 0 unspecified atom stereocenters. The van der Waals surface area contributed by atoms with E-state index in [0.717, 1.165) is 11.1 Å². The van der Waals surface area contributed by atoms with Gasteiger partial charge in [-0.15, -0.1) is 0 Å². The van der Waals surface area contributed by atoms with E-state index in [1.54, 1.807) is 31.0 Å². The molecular weight excluding hydrogens is 240 g/mol. The lowest BCUT2D eigenvalue weighted by atomic mass is 10.2. The number of amides is 1. The molecule has 0 fully saturated rings. The Morgan fingerprint density at radius 3 is 3.05 bits per heavy atom. The summed E-state index contributed by atoms with van der Waals surface area (Å²) in [5, 5.41) is 2.86. The van der Waals surface area contributed by atoms with E-state index in [4.69, 9.17) is 0 Å². The van der Waals surface area contributed by atoms with Gasteiger partial charge in [-0.2, -0.15) is 0 Å². The summed E-state index contributed by atoms with van der Waals surface area (Å²) in [7, 11) is 0. The Balaban J connectivity index is 1.73. The van der Waals surface area contributed by atoms with Gasteiger partial charge in [-0.05, 0) is 23.8 Å². The van der Waals surface area contributed by atoms with Crippen LogP contribution < -0.4 is 5.32 Å². The third-order valence-corrected chi connectivity index (χ3v) is 2.85. The summed E-state index contributed by atoms with van der Waals surface area (Å²) in [5.41, 5.74) is 2.49. The number of hydrogen-bond donors (Lipinski definition) is 1. The van der Waals surface area contributed by atoms with Crippen molar-refractivity contribution in [2.24, 2.45) is 0 Å². The molecule has 0 spiro atoms. The summed E-state index contributed by atoms with van der Waals surface area (Å²) in [6.45, 7) is 0.469. The lowest BCUT2D eigenvalue weighted by Crippen LogP contribution is -2.22. The van der Waals surface area contributed by atoms with Crippen molar-refractivity contribution in [3.63, 3.8) is 0 Å². The fourth-order valence-corrected chi connectivity index (χ4v) is 1.85. The van der Waals surface area contributed by atoms with E-state index in [9.17, 15) is 4.79 Å². The number of pyridine rings is 2. The van der Waals surface area contributed by atoms with Crippen molar-refractivity contribution < 1.29 is 4.79 Å². The van der Waals surface area contributed by atoms with Crippen molar-refractivity contribution >= 4 is 11.4 Å². The quantitative estimate of drug-likeness (QED) is 0.771. The van der Waals surface area contributed by atoms with Crippen LogP contribution in [-0.4, -0.2) is 20.3 Å². The second kappa shape index (κ2) is 4.89. The summed E-state index contributed by atoms with van der Waals surface area (Å²) in [6, 6.07) is 7.35. The molecule has 19 heavy (non-hydrogen) atoms. The second-order valence-corrected chi connectivity index (χ2v) is 4.19. The van der Waals surface area contributed by atoms with Crippen molar-refractivity contribution in [2.75, 3.05) is 0 Å². The summed E-state index contributed by atoms with van der Waals surface area (Å²) >= 11 is 0. The molecule has 0 aliphatic rings. The van der Waals surface area contributed by atoms with Gasteiger partial charge in [0, 0.05) is 30.7 Å². The van der Waals surface area contributed by atoms with Gasteiger partial charge in [-0.1, -0.05) is 6.07 Å². The van der Waals surface area contributed by atoms with Gasteiger partial charge in [0.2, 0.25) is 0 Å². The number of imidazole rings is 1. The van der Waals surface area contributed by atoms with Gasteiger partial charge in [0.25, 0.3) is 5.91 Å². The van der Waals surface area contributed by atoms with Crippen LogP contribution in [0, 0.1) is 0 Å². The Kier molecular flexibility index (Phi) is 2.94. The molecular formula is C14H12N4O. The molecule has 3 heterocycles. The Bertz CT molecular complexity index is 706. The van der Waals surface area contributed by atoms with Gasteiger partial charge in [0.15, 0.2) is 0 Å². The first-order valence-corrected chi connectivity index (χ1v) is 5.92. The molecule has 0 aliphatic heterocycles. The molecule has 1 amide bonds. The summed E-state index contributed by atoms with van der Waals surface area (Å²) < 4.78 is 1.86. The molecule has 3 aromatic rings. The van der Waals surface area contributed by atoms with E-state index in [1.807, 2.05) is 28.8 Å². The maximum atomic E-state index is 12.0. The molecule has 0 bridgehead atoms. The van der Waals surface area contributed by atoms with Gasteiger partial charge in [0.1, 0.15) is 0 Å². The fraction of sp³-hybridized carbons (Fsp3) is 0.0714. The van der Waals surface area contributed by atoms with Gasteiger partial charge in [-0.3, -0.25) is 9.78 Å². The normalized spacial score (nSPS) is 10.5. The molecule has 3 aromatic heterocycles. The van der Waals surface area contributed by atoms with Crippen molar-refractivity contribution in [1.82, 2.24) is 19.7 Å². The van der Waals surface area contributed by atoms with Gasteiger partial charge < -0.3 is 9.72 Å². The van der Waals surface area contributed by atoms with E-state index in [0.29, 0.717) is 12.1 Å². The van der Waals surface area contributed by atoms with Crippen LogP contribution in [0.4, 0.5) is 0 Å². The van der Waals surface area contributed by atoms with Crippen LogP contribution in [0.15, 0.2) is 55.4 Å². The first kappa shape index (κ1) is 11.4. The standard InChI is InChI=1S/C14H12N4O/c19-14(17-8-11-2-1-4-15-7-11)12-3-5-18-10-16-9-13(18)6-12/h1-7,9-10H,8H2,(H,17,19). The molecule has 5 heteroatoms. The van der Waals surface area contributed by atoms with Crippen LogP contribution in [0.1, 0.15) is 15.9 Å². The monoisotopic (exact) mass is 252 g/mol. The van der Waals surface area contributed by atoms with Crippen molar-refractivity contribution in [3.8, 4) is 0 Å². The molecule has 0 aromatic carbocycles. The number of aromatic nitrogens is 3. The third kappa shape index (κ3) is 2.44. The first-order valence-electron chi connectivity index (χ1n) is 5.92. The lowest BCUT2D eigenvalue weighted by Gasteiger charge is -2.05. The molecule has 0 aliphatic carbocycles. The highest BCUT2D eigenvalue weighted by Crippen LogP contribution is 2.07. The SMILES string of the molecule is O=C(NCc1cccnc1)c1ccn2cncc2c1. The minimum atomic E-state index is -0.104. The van der Waals surface area contributed by atoms with Crippen LogP contribution in [-0.2, 0) is 6.54 Å². The van der Waals surface area contributed by atoms with Gasteiger partial charge in [0.05, 0.1) is 18.0 Å². The van der Waals surface area contributed by atoms with E-state index < -0.39 is 0 Å². The molecule has 1 N–H and O–H groups in total. The van der Waals surface area contributed by atoms with Crippen LogP contribution >= 0.6 is 0 Å². The third-order valence-electron chi connectivity index (χ3n) is 2.85. The summed E-state index contributed by atoms with van der Waals surface area (Å²) in [6.07, 6.45) is 8.69. The van der Waals surface area contributed by atoms with Crippen LogP contribution in [0.2, 0.25) is 0 Å². The highest BCUT2D eigenvalue weighted by molar-refractivity contribution is 5.95. The number of carbonyl (C=O) groups is 1. The number of carbonyl (C=O) groups excluding carboxylic acids is 1. The van der Waals surface area contributed by atoms with E-state index in [1.165, 1.54) is 0 Å². The number of nitrogens with one attached hydrogen (secondary N) is 1. The summed E-state index contributed by atoms with van der Waals surface area (Å²) in [5.74, 6) is -0.104. The van der Waals surface area contributed by atoms with Crippen LogP contribution in [0.3, 0.4) is 0 Å². The Morgan fingerprint density at radius 1 is 1.26 bits per heavy atom. The largest absolute Gasteiger partial charge is 0.348 e. The van der Waals surface area contributed by atoms with E-state index in [2.05, 4.69) is 15.3 Å². The van der Waals surface area contributed by atoms with Gasteiger partial charge >= 0.3 is 0 Å². The number of hydrogen-bond acceptors (Lipinski definition) is 3. The zero-order valence-corrected chi connectivity index (χ0v) is 10.2.